The highest BCUT2D eigenvalue weighted by atomic mass is 16.5. The lowest BCUT2D eigenvalue weighted by Crippen LogP contribution is -2.39. The molecule has 1 rings (SSSR count). The first-order valence-electron chi connectivity index (χ1n) is 4.62. The Bertz CT molecular complexity index is 402. The molecule has 0 aliphatic rings. The molecule has 0 fully saturated rings. The van der Waals surface area contributed by atoms with Gasteiger partial charge in [-0.15, -0.1) is 0 Å². The molecule has 0 aromatic carbocycles. The standard InChI is InChI=1S/C8H10N4O5/c13-6(1-2-7(14)15)11-8(16)9-3-5-10-4-17-12-5/h4H,1-3H2,(H,14,15)(H2,9,11,13,16). The van der Waals surface area contributed by atoms with E-state index in [0.29, 0.717) is 0 Å². The van der Waals surface area contributed by atoms with Crippen LogP contribution in [0.2, 0.25) is 0 Å². The van der Waals surface area contributed by atoms with E-state index in [1.54, 1.807) is 0 Å². The van der Waals surface area contributed by atoms with Crippen LogP contribution >= 0.6 is 0 Å². The summed E-state index contributed by atoms with van der Waals surface area (Å²) < 4.78 is 4.43. The van der Waals surface area contributed by atoms with Gasteiger partial charge in [0.05, 0.1) is 13.0 Å². The number of hydrogen-bond acceptors (Lipinski definition) is 6. The zero-order chi connectivity index (χ0) is 12.7. The van der Waals surface area contributed by atoms with E-state index in [1.807, 2.05) is 5.32 Å². The highest BCUT2D eigenvalue weighted by Gasteiger charge is 2.09. The highest BCUT2D eigenvalue weighted by molar-refractivity contribution is 5.95. The molecule has 3 N–H and O–H groups in total. The van der Waals surface area contributed by atoms with Crippen molar-refractivity contribution in [1.82, 2.24) is 20.8 Å². The van der Waals surface area contributed by atoms with E-state index in [1.165, 1.54) is 0 Å². The van der Waals surface area contributed by atoms with Crippen LogP contribution in [0.4, 0.5) is 4.79 Å². The predicted octanol–water partition coefficient (Wildman–Crippen LogP) is -0.740. The van der Waals surface area contributed by atoms with Crippen LogP contribution in [0.25, 0.3) is 0 Å². The summed E-state index contributed by atoms with van der Waals surface area (Å²) in [5.41, 5.74) is 0. The normalized spacial score (nSPS) is 9.65. The number of imide groups is 1. The molecule has 0 aliphatic heterocycles. The van der Waals surface area contributed by atoms with E-state index >= 15 is 0 Å². The number of aliphatic carboxylic acids is 1. The summed E-state index contributed by atoms with van der Waals surface area (Å²) in [5.74, 6) is -1.51. The number of aromatic nitrogens is 2. The molecule has 1 aromatic heterocycles. The molecule has 9 heteroatoms. The van der Waals surface area contributed by atoms with Crippen LogP contribution in [-0.2, 0) is 16.1 Å². The molecule has 1 heterocycles. The molecule has 0 spiro atoms. The SMILES string of the molecule is O=C(O)CCC(=O)NC(=O)NCc1ncon1. The van der Waals surface area contributed by atoms with E-state index in [-0.39, 0.29) is 25.2 Å². The Hall–Kier alpha value is -2.45. The minimum atomic E-state index is -1.10. The quantitative estimate of drug-likeness (QED) is 0.618. The average Bonchev–Trinajstić information content (AvgIpc) is 2.76. The highest BCUT2D eigenvalue weighted by Crippen LogP contribution is 1.89. The summed E-state index contributed by atoms with van der Waals surface area (Å²) in [6.45, 7) is 0.00848. The predicted molar refractivity (Wildman–Crippen MR) is 51.5 cm³/mol. The number of hydrogen-bond donors (Lipinski definition) is 3. The molecule has 0 saturated heterocycles. The topological polar surface area (TPSA) is 134 Å². The maximum Gasteiger partial charge on any atom is 0.321 e. The van der Waals surface area contributed by atoms with Gasteiger partial charge in [-0.2, -0.15) is 4.98 Å². The fraction of sp³-hybridized carbons (Fsp3) is 0.375. The lowest BCUT2D eigenvalue weighted by Gasteiger charge is -2.03. The second-order valence-corrected chi connectivity index (χ2v) is 2.97. The summed E-state index contributed by atoms with van der Waals surface area (Å²) in [6.07, 6.45) is 0.516. The van der Waals surface area contributed by atoms with Gasteiger partial charge in [0.25, 0.3) is 0 Å². The Morgan fingerprint density at radius 1 is 1.35 bits per heavy atom. The molecule has 0 radical (unpaired) electrons. The van der Waals surface area contributed by atoms with Crippen molar-refractivity contribution in [2.45, 2.75) is 19.4 Å². The van der Waals surface area contributed by atoms with Crippen molar-refractivity contribution < 1.29 is 24.0 Å². The average molecular weight is 242 g/mol. The van der Waals surface area contributed by atoms with Crippen molar-refractivity contribution in [3.8, 4) is 0 Å². The maximum absolute atomic E-state index is 11.1. The van der Waals surface area contributed by atoms with E-state index < -0.39 is 17.9 Å². The molecule has 17 heavy (non-hydrogen) atoms. The number of nitrogens with zero attached hydrogens (tertiary/aromatic N) is 2. The number of rotatable bonds is 5. The van der Waals surface area contributed by atoms with Crippen LogP contribution in [-0.4, -0.2) is 33.2 Å². The van der Waals surface area contributed by atoms with Crippen LogP contribution in [0, 0.1) is 0 Å². The van der Waals surface area contributed by atoms with Crippen LogP contribution in [0.1, 0.15) is 18.7 Å². The summed E-state index contributed by atoms with van der Waals surface area (Å²) in [7, 11) is 0. The van der Waals surface area contributed by atoms with Crippen LogP contribution < -0.4 is 10.6 Å². The van der Waals surface area contributed by atoms with Crippen molar-refractivity contribution >= 4 is 17.9 Å². The third-order valence-electron chi connectivity index (χ3n) is 1.63. The van der Waals surface area contributed by atoms with Crippen LogP contribution in [0.15, 0.2) is 10.9 Å². The van der Waals surface area contributed by atoms with Gasteiger partial charge >= 0.3 is 12.0 Å². The molecule has 0 atom stereocenters. The van der Waals surface area contributed by atoms with E-state index in [4.69, 9.17) is 5.11 Å². The van der Waals surface area contributed by atoms with Crippen molar-refractivity contribution in [3.05, 3.63) is 12.2 Å². The van der Waals surface area contributed by atoms with Crippen molar-refractivity contribution in [2.24, 2.45) is 0 Å². The number of carbonyl (C=O) groups excluding carboxylic acids is 2. The Morgan fingerprint density at radius 2 is 2.12 bits per heavy atom. The second kappa shape index (κ2) is 6.20. The van der Waals surface area contributed by atoms with Crippen molar-refractivity contribution in [1.29, 1.82) is 0 Å². The summed E-state index contributed by atoms with van der Waals surface area (Å²) in [6, 6.07) is -0.745. The maximum atomic E-state index is 11.1. The van der Waals surface area contributed by atoms with Gasteiger partial charge in [0.1, 0.15) is 0 Å². The molecule has 0 saturated carbocycles. The van der Waals surface area contributed by atoms with Gasteiger partial charge in [0.2, 0.25) is 12.3 Å². The minimum Gasteiger partial charge on any atom is -0.481 e. The van der Waals surface area contributed by atoms with Gasteiger partial charge in [0.15, 0.2) is 5.82 Å². The largest absolute Gasteiger partial charge is 0.481 e. The number of carboxylic acid groups (broad SMARTS) is 1. The van der Waals surface area contributed by atoms with Crippen LogP contribution in [0.5, 0.6) is 0 Å². The number of carboxylic acids is 1. The Balaban J connectivity index is 2.20. The molecular weight excluding hydrogens is 232 g/mol. The van der Waals surface area contributed by atoms with E-state index in [0.717, 1.165) is 6.39 Å². The van der Waals surface area contributed by atoms with Crippen molar-refractivity contribution in [2.75, 3.05) is 0 Å². The van der Waals surface area contributed by atoms with E-state index in [9.17, 15) is 14.4 Å². The van der Waals surface area contributed by atoms with Gasteiger partial charge < -0.3 is 14.9 Å². The van der Waals surface area contributed by atoms with Gasteiger partial charge in [-0.05, 0) is 0 Å². The van der Waals surface area contributed by atoms with Gasteiger partial charge in [0, 0.05) is 6.42 Å². The third kappa shape index (κ3) is 5.25. The fourth-order valence-electron chi connectivity index (χ4n) is 0.883. The summed E-state index contributed by atoms with van der Waals surface area (Å²) in [5, 5.41) is 16.0. The molecule has 92 valence electrons. The molecule has 0 aliphatic carbocycles. The first-order valence-corrected chi connectivity index (χ1v) is 4.62. The Labute approximate surface area is 95.2 Å². The number of carbonyl (C=O) groups is 3. The van der Waals surface area contributed by atoms with Gasteiger partial charge in [-0.1, -0.05) is 5.16 Å². The third-order valence-corrected chi connectivity index (χ3v) is 1.63. The molecule has 9 nitrogen and oxygen atoms in total. The van der Waals surface area contributed by atoms with Crippen molar-refractivity contribution in [3.63, 3.8) is 0 Å². The molecular formula is C8H10N4O5. The summed E-state index contributed by atoms with van der Waals surface area (Å²) in [4.78, 5) is 36.0. The minimum absolute atomic E-state index is 0.00848. The zero-order valence-electron chi connectivity index (χ0n) is 8.67. The second-order valence-electron chi connectivity index (χ2n) is 2.97. The summed E-state index contributed by atoms with van der Waals surface area (Å²) >= 11 is 0. The number of urea groups is 1. The number of amides is 3. The van der Waals surface area contributed by atoms with E-state index in [2.05, 4.69) is 20.0 Å². The van der Waals surface area contributed by atoms with Gasteiger partial charge in [-0.3, -0.25) is 14.9 Å². The molecule has 1 aromatic rings. The van der Waals surface area contributed by atoms with Gasteiger partial charge in [-0.25, -0.2) is 4.79 Å². The Kier molecular flexibility index (Phi) is 4.60. The fourth-order valence-corrected chi connectivity index (χ4v) is 0.883. The lowest BCUT2D eigenvalue weighted by molar-refractivity contribution is -0.138. The first kappa shape index (κ1) is 12.6. The molecule has 0 bridgehead atoms. The zero-order valence-corrected chi connectivity index (χ0v) is 8.67. The van der Waals surface area contributed by atoms with Crippen LogP contribution in [0.3, 0.4) is 0 Å². The molecule has 0 unspecified atom stereocenters. The Morgan fingerprint density at radius 3 is 2.71 bits per heavy atom. The first-order chi connectivity index (χ1) is 8.08. The number of nitrogens with one attached hydrogen (secondary N) is 2. The lowest BCUT2D eigenvalue weighted by atomic mass is 10.3. The monoisotopic (exact) mass is 242 g/mol. The molecule has 3 amide bonds. The smallest absolute Gasteiger partial charge is 0.321 e.